The van der Waals surface area contributed by atoms with Crippen molar-refractivity contribution < 1.29 is 19.4 Å². The van der Waals surface area contributed by atoms with Gasteiger partial charge in [-0.15, -0.1) is 0 Å². The molecule has 2 atom stereocenters. The summed E-state index contributed by atoms with van der Waals surface area (Å²) in [7, 11) is 1.50. The van der Waals surface area contributed by atoms with Crippen molar-refractivity contribution in [1.29, 1.82) is 0 Å². The first-order chi connectivity index (χ1) is 6.23. The van der Waals surface area contributed by atoms with Gasteiger partial charge in [0.25, 0.3) is 0 Å². The summed E-state index contributed by atoms with van der Waals surface area (Å²) in [6.07, 6.45) is -1.61. The molecule has 0 aliphatic carbocycles. The highest BCUT2D eigenvalue weighted by Gasteiger charge is 2.53. The fourth-order valence-corrected chi connectivity index (χ4v) is 1.63. The summed E-state index contributed by atoms with van der Waals surface area (Å²) in [5, 5.41) is 9.83. The van der Waals surface area contributed by atoms with E-state index in [1.54, 1.807) is 27.7 Å². The smallest absolute Gasteiger partial charge is 0.193 e. The second-order valence-corrected chi connectivity index (χ2v) is 4.78. The Labute approximate surface area is 84.2 Å². The van der Waals surface area contributed by atoms with Crippen LogP contribution in [0.1, 0.15) is 27.7 Å². The van der Waals surface area contributed by atoms with Crippen molar-refractivity contribution in [2.45, 2.75) is 45.7 Å². The molecule has 0 spiro atoms. The molecule has 4 nitrogen and oxygen atoms in total. The molecule has 1 heterocycles. The molecule has 0 aromatic rings. The maximum Gasteiger partial charge on any atom is 0.193 e. The van der Waals surface area contributed by atoms with Crippen LogP contribution in [-0.2, 0) is 14.3 Å². The quantitative estimate of drug-likeness (QED) is 0.681. The molecule has 0 unspecified atom stereocenters. The van der Waals surface area contributed by atoms with Gasteiger partial charge in [0.2, 0.25) is 0 Å². The van der Waals surface area contributed by atoms with Gasteiger partial charge in [0.05, 0.1) is 0 Å². The SMILES string of the molecule is CO[C@@H]1OC(C)(C)C(=O)[C@@H](O)C1(C)C. The van der Waals surface area contributed by atoms with Crippen molar-refractivity contribution in [2.24, 2.45) is 5.41 Å². The Morgan fingerprint density at radius 2 is 1.86 bits per heavy atom. The van der Waals surface area contributed by atoms with Gasteiger partial charge in [0, 0.05) is 12.5 Å². The van der Waals surface area contributed by atoms with E-state index in [1.807, 2.05) is 0 Å². The molecular formula is C10H18O4. The number of ketones is 1. The standard InChI is InChI=1S/C10H18O4/c1-9(2)6(11)7(12)10(3,4)14-8(9)13-5/h6,8,11H,1-5H3/t6-,8-/m1/s1. The number of rotatable bonds is 1. The highest BCUT2D eigenvalue weighted by molar-refractivity contribution is 5.91. The van der Waals surface area contributed by atoms with Crippen LogP contribution in [0.5, 0.6) is 0 Å². The molecule has 1 fully saturated rings. The maximum atomic E-state index is 11.7. The lowest BCUT2D eigenvalue weighted by Crippen LogP contribution is -2.61. The van der Waals surface area contributed by atoms with Crippen LogP contribution in [0.15, 0.2) is 0 Å². The Hall–Kier alpha value is -0.450. The molecule has 0 saturated carbocycles. The summed E-state index contributed by atoms with van der Waals surface area (Å²) in [6.45, 7) is 6.78. The molecule has 82 valence electrons. The largest absolute Gasteiger partial charge is 0.384 e. The first-order valence-corrected chi connectivity index (χ1v) is 4.66. The van der Waals surface area contributed by atoms with Gasteiger partial charge in [-0.1, -0.05) is 13.8 Å². The molecule has 1 saturated heterocycles. The molecule has 0 radical (unpaired) electrons. The molecule has 0 aromatic carbocycles. The molecule has 0 aromatic heterocycles. The average Bonchev–Trinajstić information content (AvgIpc) is 2.09. The minimum atomic E-state index is -1.05. The van der Waals surface area contributed by atoms with Crippen molar-refractivity contribution in [3.63, 3.8) is 0 Å². The number of aliphatic hydroxyl groups excluding tert-OH is 1. The first-order valence-electron chi connectivity index (χ1n) is 4.66. The summed E-state index contributed by atoms with van der Waals surface area (Å²) in [5.41, 5.74) is -1.68. The van der Waals surface area contributed by atoms with Crippen LogP contribution in [0.2, 0.25) is 0 Å². The van der Waals surface area contributed by atoms with Crippen LogP contribution in [0.25, 0.3) is 0 Å². The number of hydrogen-bond acceptors (Lipinski definition) is 4. The van der Waals surface area contributed by atoms with Gasteiger partial charge in [0.15, 0.2) is 12.1 Å². The van der Waals surface area contributed by atoms with Crippen LogP contribution in [0.4, 0.5) is 0 Å². The number of aliphatic hydroxyl groups is 1. The summed E-state index contributed by atoms with van der Waals surface area (Å²) in [5.74, 6) is -0.296. The second-order valence-electron chi connectivity index (χ2n) is 4.78. The number of methoxy groups -OCH3 is 1. The number of carbonyl (C=O) groups excluding carboxylic acids is 1. The van der Waals surface area contributed by atoms with Gasteiger partial charge in [0.1, 0.15) is 11.7 Å². The van der Waals surface area contributed by atoms with E-state index in [2.05, 4.69) is 0 Å². The van der Waals surface area contributed by atoms with E-state index >= 15 is 0 Å². The van der Waals surface area contributed by atoms with Crippen molar-refractivity contribution in [2.75, 3.05) is 7.11 Å². The zero-order chi connectivity index (χ0) is 11.1. The van der Waals surface area contributed by atoms with E-state index in [9.17, 15) is 9.90 Å². The molecule has 1 aliphatic heterocycles. The van der Waals surface area contributed by atoms with Crippen LogP contribution in [-0.4, -0.2) is 36.0 Å². The molecular weight excluding hydrogens is 184 g/mol. The van der Waals surface area contributed by atoms with Gasteiger partial charge in [-0.2, -0.15) is 0 Å². The fraction of sp³-hybridized carbons (Fsp3) is 0.900. The Balaban J connectivity index is 3.01. The molecule has 1 aliphatic rings. The maximum absolute atomic E-state index is 11.7. The second kappa shape index (κ2) is 3.29. The molecule has 0 amide bonds. The number of ether oxygens (including phenoxy) is 2. The van der Waals surface area contributed by atoms with Crippen molar-refractivity contribution in [3.8, 4) is 0 Å². The Kier molecular flexibility index (Phi) is 2.73. The molecule has 14 heavy (non-hydrogen) atoms. The minimum absolute atomic E-state index is 0.296. The van der Waals surface area contributed by atoms with E-state index in [4.69, 9.17) is 9.47 Å². The third-order valence-electron chi connectivity index (χ3n) is 2.77. The topological polar surface area (TPSA) is 55.8 Å². The third kappa shape index (κ3) is 1.58. The fourth-order valence-electron chi connectivity index (χ4n) is 1.63. The Morgan fingerprint density at radius 1 is 1.36 bits per heavy atom. The first kappa shape index (κ1) is 11.6. The minimum Gasteiger partial charge on any atom is -0.384 e. The molecule has 4 heteroatoms. The van der Waals surface area contributed by atoms with Crippen LogP contribution in [0, 0.1) is 5.41 Å². The average molecular weight is 202 g/mol. The van der Waals surface area contributed by atoms with E-state index in [0.717, 1.165) is 0 Å². The van der Waals surface area contributed by atoms with Crippen LogP contribution < -0.4 is 0 Å². The van der Waals surface area contributed by atoms with Crippen molar-refractivity contribution in [1.82, 2.24) is 0 Å². The van der Waals surface area contributed by atoms with E-state index < -0.39 is 23.4 Å². The highest BCUT2D eigenvalue weighted by Crippen LogP contribution is 2.38. The Morgan fingerprint density at radius 3 is 2.29 bits per heavy atom. The normalized spacial score (nSPS) is 35.7. The number of carbonyl (C=O) groups is 1. The summed E-state index contributed by atoms with van der Waals surface area (Å²) >= 11 is 0. The summed E-state index contributed by atoms with van der Waals surface area (Å²) in [6, 6.07) is 0. The van der Waals surface area contributed by atoms with Gasteiger partial charge < -0.3 is 14.6 Å². The zero-order valence-electron chi connectivity index (χ0n) is 9.33. The predicted molar refractivity (Wildman–Crippen MR) is 50.8 cm³/mol. The van der Waals surface area contributed by atoms with Gasteiger partial charge in [-0.25, -0.2) is 0 Å². The van der Waals surface area contributed by atoms with Crippen molar-refractivity contribution >= 4 is 5.78 Å². The number of Topliss-reactive ketones (excluding diaryl/α,β-unsaturated/α-hetero) is 1. The predicted octanol–water partition coefficient (Wildman–Crippen LogP) is 0.724. The van der Waals surface area contributed by atoms with Gasteiger partial charge in [-0.05, 0) is 13.8 Å². The van der Waals surface area contributed by atoms with Crippen LogP contribution >= 0.6 is 0 Å². The highest BCUT2D eigenvalue weighted by atomic mass is 16.7. The van der Waals surface area contributed by atoms with Crippen molar-refractivity contribution in [3.05, 3.63) is 0 Å². The van der Waals surface area contributed by atoms with Crippen LogP contribution in [0.3, 0.4) is 0 Å². The van der Waals surface area contributed by atoms with Gasteiger partial charge in [-0.3, -0.25) is 4.79 Å². The monoisotopic (exact) mass is 202 g/mol. The third-order valence-corrected chi connectivity index (χ3v) is 2.77. The molecule has 1 N–H and O–H groups in total. The lowest BCUT2D eigenvalue weighted by atomic mass is 9.76. The zero-order valence-corrected chi connectivity index (χ0v) is 9.33. The summed E-state index contributed by atoms with van der Waals surface area (Å²) in [4.78, 5) is 11.7. The molecule has 0 bridgehead atoms. The Bertz CT molecular complexity index is 245. The van der Waals surface area contributed by atoms with Gasteiger partial charge >= 0.3 is 0 Å². The molecule has 1 rings (SSSR count). The van der Waals surface area contributed by atoms with E-state index in [-0.39, 0.29) is 5.78 Å². The number of hydrogen-bond donors (Lipinski definition) is 1. The lowest BCUT2D eigenvalue weighted by molar-refractivity contribution is -0.273. The lowest BCUT2D eigenvalue weighted by Gasteiger charge is -2.46. The summed E-state index contributed by atoms with van der Waals surface area (Å²) < 4.78 is 10.6. The van der Waals surface area contributed by atoms with E-state index in [0.29, 0.717) is 0 Å². The van der Waals surface area contributed by atoms with E-state index in [1.165, 1.54) is 7.11 Å².